The zero-order chi connectivity index (χ0) is 14.7. The van der Waals surface area contributed by atoms with Gasteiger partial charge in [-0.3, -0.25) is 9.48 Å². The van der Waals surface area contributed by atoms with E-state index in [1.54, 1.807) is 22.8 Å². The van der Waals surface area contributed by atoms with Crippen LogP contribution in [0.25, 0.3) is 0 Å². The third kappa shape index (κ3) is 2.99. The van der Waals surface area contributed by atoms with Crippen molar-refractivity contribution < 1.29 is 4.79 Å². The fourth-order valence-corrected chi connectivity index (χ4v) is 2.15. The molecule has 0 radical (unpaired) electrons. The smallest absolute Gasteiger partial charge is 0.257 e. The number of anilines is 1. The highest BCUT2D eigenvalue weighted by atomic mass is 16.2. The lowest BCUT2D eigenvalue weighted by atomic mass is 10.1. The number of aromatic nitrogens is 2. The summed E-state index contributed by atoms with van der Waals surface area (Å²) in [7, 11) is 3.63. The molecule has 5 nitrogen and oxygen atoms in total. The molecule has 0 unspecified atom stereocenters. The van der Waals surface area contributed by atoms with Crippen LogP contribution in [0.4, 0.5) is 5.69 Å². The number of hydrogen-bond acceptors (Lipinski definition) is 3. The summed E-state index contributed by atoms with van der Waals surface area (Å²) in [5.41, 5.74) is 8.94. The molecule has 1 heterocycles. The normalized spacial score (nSPS) is 10.6. The molecule has 2 aromatic rings. The molecule has 0 aliphatic heterocycles. The summed E-state index contributed by atoms with van der Waals surface area (Å²) in [5.74, 6) is -0.00762. The first-order chi connectivity index (χ1) is 9.51. The van der Waals surface area contributed by atoms with E-state index in [9.17, 15) is 4.79 Å². The minimum atomic E-state index is -0.00762. The molecule has 1 aromatic heterocycles. The van der Waals surface area contributed by atoms with Crippen LogP contribution in [0, 0.1) is 0 Å². The number of nitrogen functional groups attached to an aromatic ring is 1. The molecule has 0 atom stereocenters. The van der Waals surface area contributed by atoms with Crippen LogP contribution in [-0.2, 0) is 20.0 Å². The monoisotopic (exact) mass is 272 g/mol. The van der Waals surface area contributed by atoms with E-state index in [4.69, 9.17) is 5.73 Å². The van der Waals surface area contributed by atoms with E-state index in [2.05, 4.69) is 5.10 Å². The van der Waals surface area contributed by atoms with Crippen molar-refractivity contribution in [3.05, 3.63) is 47.3 Å². The van der Waals surface area contributed by atoms with Gasteiger partial charge in [-0.05, 0) is 24.1 Å². The maximum Gasteiger partial charge on any atom is 0.257 e. The second-order valence-corrected chi connectivity index (χ2v) is 4.92. The van der Waals surface area contributed by atoms with Gasteiger partial charge in [-0.1, -0.05) is 19.1 Å². The van der Waals surface area contributed by atoms with Crippen LogP contribution in [-0.4, -0.2) is 27.6 Å². The summed E-state index contributed by atoms with van der Waals surface area (Å²) in [6.07, 6.45) is 2.53. The van der Waals surface area contributed by atoms with E-state index in [0.717, 1.165) is 23.4 Å². The first kappa shape index (κ1) is 14.1. The van der Waals surface area contributed by atoms with Crippen molar-refractivity contribution >= 4 is 11.6 Å². The SMILES string of the molecule is CCc1nn(C)cc1C(=O)N(C)Cc1ccc(N)cc1. The zero-order valence-electron chi connectivity index (χ0n) is 12.1. The molecule has 0 aliphatic rings. The van der Waals surface area contributed by atoms with Crippen molar-refractivity contribution in [3.8, 4) is 0 Å². The number of carbonyl (C=O) groups excluding carboxylic acids is 1. The number of rotatable bonds is 4. The van der Waals surface area contributed by atoms with Gasteiger partial charge in [0.2, 0.25) is 0 Å². The zero-order valence-corrected chi connectivity index (χ0v) is 12.1. The Hall–Kier alpha value is -2.30. The lowest BCUT2D eigenvalue weighted by Crippen LogP contribution is -2.26. The highest BCUT2D eigenvalue weighted by Gasteiger charge is 2.18. The van der Waals surface area contributed by atoms with Crippen LogP contribution in [0.1, 0.15) is 28.5 Å². The van der Waals surface area contributed by atoms with E-state index in [1.165, 1.54) is 0 Å². The van der Waals surface area contributed by atoms with Gasteiger partial charge in [-0.25, -0.2) is 0 Å². The fourth-order valence-electron chi connectivity index (χ4n) is 2.15. The average Bonchev–Trinajstić information content (AvgIpc) is 2.81. The third-order valence-electron chi connectivity index (χ3n) is 3.22. The van der Waals surface area contributed by atoms with Crippen molar-refractivity contribution in [1.29, 1.82) is 0 Å². The summed E-state index contributed by atoms with van der Waals surface area (Å²) in [4.78, 5) is 14.2. The van der Waals surface area contributed by atoms with E-state index < -0.39 is 0 Å². The summed E-state index contributed by atoms with van der Waals surface area (Å²) < 4.78 is 1.68. The maximum absolute atomic E-state index is 12.5. The average molecular weight is 272 g/mol. The van der Waals surface area contributed by atoms with Gasteiger partial charge in [0, 0.05) is 32.5 Å². The van der Waals surface area contributed by atoms with Crippen LogP contribution in [0.5, 0.6) is 0 Å². The molecule has 0 saturated heterocycles. The van der Waals surface area contributed by atoms with Crippen molar-refractivity contribution in [2.24, 2.45) is 7.05 Å². The molecule has 5 heteroatoms. The van der Waals surface area contributed by atoms with E-state index in [0.29, 0.717) is 12.1 Å². The van der Waals surface area contributed by atoms with Gasteiger partial charge >= 0.3 is 0 Å². The Morgan fingerprint density at radius 1 is 1.35 bits per heavy atom. The molecule has 0 bridgehead atoms. The molecule has 0 aliphatic carbocycles. The molecule has 2 rings (SSSR count). The van der Waals surface area contributed by atoms with Gasteiger partial charge in [0.1, 0.15) is 0 Å². The number of hydrogen-bond donors (Lipinski definition) is 1. The largest absolute Gasteiger partial charge is 0.399 e. The van der Waals surface area contributed by atoms with Gasteiger partial charge in [0.15, 0.2) is 0 Å². The third-order valence-corrected chi connectivity index (χ3v) is 3.22. The quantitative estimate of drug-likeness (QED) is 0.864. The Morgan fingerprint density at radius 3 is 2.60 bits per heavy atom. The Bertz CT molecular complexity index is 601. The predicted molar refractivity (Wildman–Crippen MR) is 79.2 cm³/mol. The highest BCUT2D eigenvalue weighted by molar-refractivity contribution is 5.94. The van der Waals surface area contributed by atoms with Gasteiger partial charge in [-0.2, -0.15) is 5.10 Å². The second-order valence-electron chi connectivity index (χ2n) is 4.92. The summed E-state index contributed by atoms with van der Waals surface area (Å²) >= 11 is 0. The van der Waals surface area contributed by atoms with Gasteiger partial charge in [-0.15, -0.1) is 0 Å². The highest BCUT2D eigenvalue weighted by Crippen LogP contribution is 2.13. The minimum absolute atomic E-state index is 0.00762. The summed E-state index contributed by atoms with van der Waals surface area (Å²) in [6.45, 7) is 2.55. The Balaban J connectivity index is 2.14. The molecular formula is C15H20N4O. The van der Waals surface area contributed by atoms with E-state index in [1.807, 2.05) is 38.2 Å². The molecule has 0 spiro atoms. The number of nitrogens with two attached hydrogens (primary N) is 1. The van der Waals surface area contributed by atoms with Gasteiger partial charge in [0.05, 0.1) is 11.3 Å². The summed E-state index contributed by atoms with van der Waals surface area (Å²) in [6, 6.07) is 7.55. The lowest BCUT2D eigenvalue weighted by Gasteiger charge is -2.17. The Kier molecular flexibility index (Phi) is 4.08. The number of nitrogens with zero attached hydrogens (tertiary/aromatic N) is 3. The van der Waals surface area contributed by atoms with Gasteiger partial charge in [0.25, 0.3) is 5.91 Å². The molecule has 2 N–H and O–H groups in total. The molecule has 1 amide bonds. The standard InChI is InChI=1S/C15H20N4O/c1-4-14-13(10-19(3)17-14)15(20)18(2)9-11-5-7-12(16)8-6-11/h5-8,10H,4,9,16H2,1-3H3. The summed E-state index contributed by atoms with van der Waals surface area (Å²) in [5, 5.41) is 4.30. The Morgan fingerprint density at radius 2 is 2.00 bits per heavy atom. The maximum atomic E-state index is 12.5. The van der Waals surface area contributed by atoms with E-state index in [-0.39, 0.29) is 5.91 Å². The van der Waals surface area contributed by atoms with Gasteiger partial charge < -0.3 is 10.6 Å². The van der Waals surface area contributed by atoms with E-state index >= 15 is 0 Å². The van der Waals surface area contributed by atoms with Crippen LogP contribution in [0.3, 0.4) is 0 Å². The number of aryl methyl sites for hydroxylation is 2. The van der Waals surface area contributed by atoms with Crippen molar-refractivity contribution in [2.45, 2.75) is 19.9 Å². The van der Waals surface area contributed by atoms with Crippen LogP contribution in [0.15, 0.2) is 30.5 Å². The molecule has 1 aromatic carbocycles. The fraction of sp³-hybridized carbons (Fsp3) is 0.333. The molecule has 0 fully saturated rings. The molecule has 20 heavy (non-hydrogen) atoms. The van der Waals surface area contributed by atoms with Crippen molar-refractivity contribution in [1.82, 2.24) is 14.7 Å². The first-order valence-electron chi connectivity index (χ1n) is 6.63. The number of amides is 1. The topological polar surface area (TPSA) is 64.2 Å². The first-order valence-corrected chi connectivity index (χ1v) is 6.63. The number of benzene rings is 1. The molecule has 0 saturated carbocycles. The molecular weight excluding hydrogens is 252 g/mol. The van der Waals surface area contributed by atoms with Crippen LogP contribution >= 0.6 is 0 Å². The van der Waals surface area contributed by atoms with Crippen molar-refractivity contribution in [2.75, 3.05) is 12.8 Å². The van der Waals surface area contributed by atoms with Crippen molar-refractivity contribution in [3.63, 3.8) is 0 Å². The lowest BCUT2D eigenvalue weighted by molar-refractivity contribution is 0.0784. The van der Waals surface area contributed by atoms with Crippen LogP contribution in [0.2, 0.25) is 0 Å². The van der Waals surface area contributed by atoms with Crippen LogP contribution < -0.4 is 5.73 Å². The minimum Gasteiger partial charge on any atom is -0.399 e. The predicted octanol–water partition coefficient (Wildman–Crippen LogP) is 1.84. The Labute approximate surface area is 119 Å². The number of carbonyl (C=O) groups is 1. The second kappa shape index (κ2) is 5.77. The molecule has 106 valence electrons.